The molecule has 0 radical (unpaired) electrons. The van der Waals surface area contributed by atoms with Gasteiger partial charge in [-0.05, 0) is 46.3 Å². The van der Waals surface area contributed by atoms with Gasteiger partial charge in [0.25, 0.3) is 0 Å². The van der Waals surface area contributed by atoms with Crippen molar-refractivity contribution in [2.75, 3.05) is 46.3 Å². The highest BCUT2D eigenvalue weighted by molar-refractivity contribution is 5.84. The average molecular weight is 270 g/mol. The van der Waals surface area contributed by atoms with Crippen LogP contribution in [0.25, 0.3) is 0 Å². The number of piperazine rings is 1. The van der Waals surface area contributed by atoms with Crippen molar-refractivity contribution in [1.29, 1.82) is 0 Å². The van der Waals surface area contributed by atoms with Crippen molar-refractivity contribution in [2.45, 2.75) is 38.6 Å². The zero-order chi connectivity index (χ0) is 14.3. The Morgan fingerprint density at radius 1 is 1.26 bits per heavy atom. The monoisotopic (exact) mass is 270 g/mol. The van der Waals surface area contributed by atoms with E-state index in [2.05, 4.69) is 22.2 Å². The third-order valence-corrected chi connectivity index (χ3v) is 4.11. The average Bonchev–Trinajstić information content (AvgIpc) is 2.37. The van der Waals surface area contributed by atoms with Gasteiger partial charge >= 0.3 is 0 Å². The molecule has 0 aromatic carbocycles. The maximum absolute atomic E-state index is 11.5. The van der Waals surface area contributed by atoms with E-state index in [0.717, 1.165) is 58.5 Å². The van der Waals surface area contributed by atoms with Crippen LogP contribution >= 0.6 is 0 Å². The Morgan fingerprint density at radius 3 is 2.42 bits per heavy atom. The minimum absolute atomic E-state index is 0.242. The standard InChI is InChI=1S/C14H30N4O/c1-4-16-14(2,13(15)19)7-5-6-8-18-11-9-17(3)10-12-18/h16H,4-12H2,1-3H3,(H2,15,19). The fraction of sp³-hybridized carbons (Fsp3) is 0.929. The highest BCUT2D eigenvalue weighted by Gasteiger charge is 2.29. The summed E-state index contributed by atoms with van der Waals surface area (Å²) in [4.78, 5) is 16.4. The highest BCUT2D eigenvalue weighted by atomic mass is 16.1. The molecule has 1 rings (SSSR count). The third-order valence-electron chi connectivity index (χ3n) is 4.11. The van der Waals surface area contributed by atoms with E-state index >= 15 is 0 Å². The molecule has 3 N–H and O–H groups in total. The molecule has 1 fully saturated rings. The number of hydrogen-bond donors (Lipinski definition) is 2. The first kappa shape index (κ1) is 16.4. The SMILES string of the molecule is CCNC(C)(CCCCN1CCN(C)CC1)C(N)=O. The minimum atomic E-state index is -0.545. The molecular weight excluding hydrogens is 240 g/mol. The second kappa shape index (κ2) is 7.82. The Morgan fingerprint density at radius 2 is 1.89 bits per heavy atom. The Kier molecular flexibility index (Phi) is 6.75. The number of carbonyl (C=O) groups is 1. The van der Waals surface area contributed by atoms with Gasteiger partial charge in [-0.25, -0.2) is 0 Å². The predicted octanol–water partition coefficient (Wildman–Crippen LogP) is 0.258. The lowest BCUT2D eigenvalue weighted by molar-refractivity contribution is -0.124. The molecule has 1 aliphatic rings. The zero-order valence-electron chi connectivity index (χ0n) is 12.7. The molecule has 1 saturated heterocycles. The largest absolute Gasteiger partial charge is 0.368 e. The molecule has 1 heterocycles. The smallest absolute Gasteiger partial charge is 0.237 e. The topological polar surface area (TPSA) is 61.6 Å². The van der Waals surface area contributed by atoms with E-state index in [1.165, 1.54) is 0 Å². The van der Waals surface area contributed by atoms with Crippen LogP contribution in [-0.4, -0.2) is 67.6 Å². The second-order valence-electron chi connectivity index (χ2n) is 5.83. The Bertz CT molecular complexity index is 277. The molecule has 0 saturated carbocycles. The summed E-state index contributed by atoms with van der Waals surface area (Å²) in [6.45, 7) is 10.5. The van der Waals surface area contributed by atoms with Crippen molar-refractivity contribution in [3.05, 3.63) is 0 Å². The molecule has 0 aromatic rings. The molecule has 19 heavy (non-hydrogen) atoms. The van der Waals surface area contributed by atoms with Crippen LogP contribution in [0, 0.1) is 0 Å². The highest BCUT2D eigenvalue weighted by Crippen LogP contribution is 2.14. The van der Waals surface area contributed by atoms with Crippen molar-refractivity contribution in [3.63, 3.8) is 0 Å². The molecular formula is C14H30N4O. The van der Waals surface area contributed by atoms with Gasteiger partial charge in [-0.2, -0.15) is 0 Å². The van der Waals surface area contributed by atoms with E-state index in [-0.39, 0.29) is 5.91 Å². The molecule has 5 nitrogen and oxygen atoms in total. The number of nitrogens with two attached hydrogens (primary N) is 1. The number of carbonyl (C=O) groups excluding carboxylic acids is 1. The Labute approximate surface area is 117 Å². The van der Waals surface area contributed by atoms with Crippen molar-refractivity contribution >= 4 is 5.91 Å². The summed E-state index contributed by atoms with van der Waals surface area (Å²) in [6.07, 6.45) is 3.00. The van der Waals surface area contributed by atoms with Crippen molar-refractivity contribution in [1.82, 2.24) is 15.1 Å². The number of rotatable bonds is 8. The molecule has 0 aromatic heterocycles. The lowest BCUT2D eigenvalue weighted by Crippen LogP contribution is -2.53. The number of unbranched alkanes of at least 4 members (excludes halogenated alkanes) is 1. The fourth-order valence-electron chi connectivity index (χ4n) is 2.57. The first-order valence-corrected chi connectivity index (χ1v) is 7.44. The third kappa shape index (κ3) is 5.47. The van der Waals surface area contributed by atoms with Crippen LogP contribution < -0.4 is 11.1 Å². The summed E-state index contributed by atoms with van der Waals surface area (Å²) in [5, 5.41) is 3.21. The summed E-state index contributed by atoms with van der Waals surface area (Å²) in [6, 6.07) is 0. The summed E-state index contributed by atoms with van der Waals surface area (Å²) in [5.74, 6) is -0.242. The lowest BCUT2D eigenvalue weighted by atomic mass is 9.94. The molecule has 0 spiro atoms. The Hall–Kier alpha value is -0.650. The molecule has 5 heteroatoms. The van der Waals surface area contributed by atoms with Gasteiger partial charge < -0.3 is 20.9 Å². The molecule has 1 unspecified atom stereocenters. The number of nitrogens with one attached hydrogen (secondary N) is 1. The van der Waals surface area contributed by atoms with Gasteiger partial charge in [0, 0.05) is 26.2 Å². The van der Waals surface area contributed by atoms with Gasteiger partial charge in [-0.1, -0.05) is 6.92 Å². The van der Waals surface area contributed by atoms with Crippen LogP contribution in [0.3, 0.4) is 0 Å². The molecule has 112 valence electrons. The lowest BCUT2D eigenvalue weighted by Gasteiger charge is -2.32. The minimum Gasteiger partial charge on any atom is -0.368 e. The van der Waals surface area contributed by atoms with Crippen LogP contribution in [0.15, 0.2) is 0 Å². The first-order chi connectivity index (χ1) is 8.98. The maximum atomic E-state index is 11.5. The van der Waals surface area contributed by atoms with Crippen LogP contribution in [0.2, 0.25) is 0 Å². The molecule has 0 bridgehead atoms. The number of primary amides is 1. The van der Waals surface area contributed by atoms with E-state index in [9.17, 15) is 4.79 Å². The number of likely N-dealkylation sites (N-methyl/N-ethyl adjacent to an activating group) is 2. The van der Waals surface area contributed by atoms with Gasteiger partial charge in [0.05, 0.1) is 5.54 Å². The molecule has 0 aliphatic carbocycles. The van der Waals surface area contributed by atoms with E-state index in [1.807, 2.05) is 13.8 Å². The van der Waals surface area contributed by atoms with E-state index in [4.69, 9.17) is 5.73 Å². The first-order valence-electron chi connectivity index (χ1n) is 7.44. The van der Waals surface area contributed by atoms with Crippen molar-refractivity contribution < 1.29 is 4.79 Å². The number of hydrogen-bond acceptors (Lipinski definition) is 4. The van der Waals surface area contributed by atoms with Gasteiger partial charge in [-0.3, -0.25) is 4.79 Å². The van der Waals surface area contributed by atoms with Gasteiger partial charge in [0.1, 0.15) is 0 Å². The Balaban J connectivity index is 2.20. The van der Waals surface area contributed by atoms with Gasteiger partial charge in [0.2, 0.25) is 5.91 Å². The summed E-state index contributed by atoms with van der Waals surface area (Å²) < 4.78 is 0. The quantitative estimate of drug-likeness (QED) is 0.621. The molecule has 1 aliphatic heterocycles. The number of nitrogens with zero attached hydrogens (tertiary/aromatic N) is 2. The van der Waals surface area contributed by atoms with E-state index in [0.29, 0.717) is 0 Å². The number of amides is 1. The summed E-state index contributed by atoms with van der Waals surface area (Å²) in [7, 11) is 2.17. The van der Waals surface area contributed by atoms with Gasteiger partial charge in [-0.15, -0.1) is 0 Å². The van der Waals surface area contributed by atoms with Crippen LogP contribution in [0.4, 0.5) is 0 Å². The van der Waals surface area contributed by atoms with Crippen molar-refractivity contribution in [3.8, 4) is 0 Å². The molecule has 1 amide bonds. The summed E-state index contributed by atoms with van der Waals surface area (Å²) in [5.41, 5.74) is 4.94. The predicted molar refractivity (Wildman–Crippen MR) is 79.1 cm³/mol. The second-order valence-corrected chi connectivity index (χ2v) is 5.83. The molecule has 1 atom stereocenters. The van der Waals surface area contributed by atoms with Crippen LogP contribution in [0.1, 0.15) is 33.1 Å². The zero-order valence-corrected chi connectivity index (χ0v) is 12.7. The van der Waals surface area contributed by atoms with Crippen LogP contribution in [-0.2, 0) is 4.79 Å². The normalized spacial score (nSPS) is 21.2. The van der Waals surface area contributed by atoms with E-state index < -0.39 is 5.54 Å². The van der Waals surface area contributed by atoms with Crippen molar-refractivity contribution in [2.24, 2.45) is 5.73 Å². The van der Waals surface area contributed by atoms with Gasteiger partial charge in [0.15, 0.2) is 0 Å². The van der Waals surface area contributed by atoms with E-state index in [1.54, 1.807) is 0 Å². The van der Waals surface area contributed by atoms with Crippen LogP contribution in [0.5, 0.6) is 0 Å². The maximum Gasteiger partial charge on any atom is 0.237 e. The fourth-order valence-corrected chi connectivity index (χ4v) is 2.57. The summed E-state index contributed by atoms with van der Waals surface area (Å²) >= 11 is 0.